The smallest absolute Gasteiger partial charge is 0.226 e. The highest BCUT2D eigenvalue weighted by Crippen LogP contribution is 2.30. The average Bonchev–Trinajstić information content (AvgIpc) is 2.90. The van der Waals surface area contributed by atoms with E-state index in [-0.39, 0.29) is 5.92 Å². The van der Waals surface area contributed by atoms with Crippen LogP contribution in [0.25, 0.3) is 0 Å². The molecule has 3 rings (SSSR count). The minimum absolute atomic E-state index is 0.178. The number of nitrogens with zero attached hydrogens (tertiary/aromatic N) is 1. The number of benzene rings is 1. The highest BCUT2D eigenvalue weighted by atomic mass is 79.9. The Hall–Kier alpha value is -0.830. The Morgan fingerprint density at radius 1 is 1.21 bits per heavy atom. The first-order valence-corrected chi connectivity index (χ1v) is 8.35. The highest BCUT2D eigenvalue weighted by Gasteiger charge is 2.34. The zero-order valence-corrected chi connectivity index (χ0v) is 12.7. The fraction of sp³-hybridized carbons (Fsp3) is 0.562. The first kappa shape index (κ1) is 13.2. The summed E-state index contributed by atoms with van der Waals surface area (Å²) in [6.45, 7) is 0.946. The van der Waals surface area contributed by atoms with Gasteiger partial charge in [0, 0.05) is 23.8 Å². The zero-order valence-electron chi connectivity index (χ0n) is 11.1. The van der Waals surface area contributed by atoms with Gasteiger partial charge in [-0.15, -0.1) is 0 Å². The summed E-state index contributed by atoms with van der Waals surface area (Å²) >= 11 is 3.56. The summed E-state index contributed by atoms with van der Waals surface area (Å²) in [4.78, 5) is 14.9. The summed E-state index contributed by atoms with van der Waals surface area (Å²) in [5, 5.41) is 0.915. The predicted octanol–water partition coefficient (Wildman–Crippen LogP) is 3.18. The maximum Gasteiger partial charge on any atom is 0.226 e. The number of amides is 1. The van der Waals surface area contributed by atoms with Gasteiger partial charge >= 0.3 is 0 Å². The van der Waals surface area contributed by atoms with E-state index in [0.717, 1.165) is 37.6 Å². The van der Waals surface area contributed by atoms with Gasteiger partial charge in [0.1, 0.15) is 0 Å². The van der Waals surface area contributed by atoms with Crippen molar-refractivity contribution in [1.29, 1.82) is 0 Å². The molecule has 1 amide bonds. The molecule has 0 spiro atoms. The highest BCUT2D eigenvalue weighted by molar-refractivity contribution is 9.09. The Balaban J connectivity index is 1.72. The predicted molar refractivity (Wildman–Crippen MR) is 80.5 cm³/mol. The fourth-order valence-electron chi connectivity index (χ4n) is 3.42. The van der Waals surface area contributed by atoms with Gasteiger partial charge in [-0.25, -0.2) is 0 Å². The topological polar surface area (TPSA) is 20.3 Å². The molecule has 19 heavy (non-hydrogen) atoms. The lowest BCUT2D eigenvalue weighted by Crippen LogP contribution is -2.47. The lowest BCUT2D eigenvalue weighted by molar-refractivity contribution is -0.138. The third-order valence-electron chi connectivity index (χ3n) is 4.49. The Kier molecular flexibility index (Phi) is 3.92. The maximum atomic E-state index is 12.7. The van der Waals surface area contributed by atoms with Crippen molar-refractivity contribution in [2.45, 2.75) is 38.1 Å². The monoisotopic (exact) mass is 321 g/mol. The summed E-state index contributed by atoms with van der Waals surface area (Å²) in [6.07, 6.45) is 5.43. The van der Waals surface area contributed by atoms with Crippen LogP contribution in [-0.2, 0) is 17.6 Å². The van der Waals surface area contributed by atoms with Gasteiger partial charge in [-0.2, -0.15) is 0 Å². The van der Waals surface area contributed by atoms with Crippen LogP contribution in [-0.4, -0.2) is 28.7 Å². The van der Waals surface area contributed by atoms with Crippen molar-refractivity contribution in [1.82, 2.24) is 4.90 Å². The molecule has 1 aliphatic heterocycles. The van der Waals surface area contributed by atoms with Crippen molar-refractivity contribution in [2.24, 2.45) is 5.92 Å². The standard InChI is InChI=1S/C16H20BrNO/c17-11-15-7-3-4-8-18(15)16(19)14-9-12-5-1-2-6-13(12)10-14/h1-2,5-6,14-15H,3-4,7-11H2. The van der Waals surface area contributed by atoms with Gasteiger partial charge in [-0.05, 0) is 43.2 Å². The van der Waals surface area contributed by atoms with Gasteiger partial charge in [-0.1, -0.05) is 40.2 Å². The number of alkyl halides is 1. The lowest BCUT2D eigenvalue weighted by Gasteiger charge is -2.36. The van der Waals surface area contributed by atoms with Crippen LogP contribution < -0.4 is 0 Å². The minimum atomic E-state index is 0.178. The van der Waals surface area contributed by atoms with Crippen LogP contribution in [0.5, 0.6) is 0 Å². The Morgan fingerprint density at radius 2 is 1.89 bits per heavy atom. The second-order valence-corrected chi connectivity index (χ2v) is 6.36. The lowest BCUT2D eigenvalue weighted by atomic mass is 9.98. The maximum absolute atomic E-state index is 12.7. The second kappa shape index (κ2) is 5.66. The van der Waals surface area contributed by atoms with Gasteiger partial charge < -0.3 is 4.90 Å². The number of carbonyl (C=O) groups excluding carboxylic acids is 1. The van der Waals surface area contributed by atoms with Gasteiger partial charge in [-0.3, -0.25) is 4.79 Å². The molecule has 1 unspecified atom stereocenters. The molecule has 102 valence electrons. The van der Waals surface area contributed by atoms with Crippen molar-refractivity contribution >= 4 is 21.8 Å². The molecule has 1 fully saturated rings. The third kappa shape index (κ3) is 2.58. The number of carbonyl (C=O) groups is 1. The van der Waals surface area contributed by atoms with E-state index >= 15 is 0 Å². The average molecular weight is 322 g/mol. The quantitative estimate of drug-likeness (QED) is 0.766. The van der Waals surface area contributed by atoms with Crippen molar-refractivity contribution in [3.63, 3.8) is 0 Å². The van der Waals surface area contributed by atoms with Crippen molar-refractivity contribution in [2.75, 3.05) is 11.9 Å². The van der Waals surface area contributed by atoms with E-state index in [9.17, 15) is 4.79 Å². The second-order valence-electron chi connectivity index (χ2n) is 5.71. The minimum Gasteiger partial charge on any atom is -0.339 e. The van der Waals surface area contributed by atoms with Gasteiger partial charge in [0.25, 0.3) is 0 Å². The summed E-state index contributed by atoms with van der Waals surface area (Å²) in [7, 11) is 0. The van der Waals surface area contributed by atoms with E-state index < -0.39 is 0 Å². The molecule has 1 heterocycles. The van der Waals surface area contributed by atoms with Crippen molar-refractivity contribution in [3.8, 4) is 0 Å². The largest absolute Gasteiger partial charge is 0.339 e. The van der Waals surface area contributed by atoms with Crippen LogP contribution >= 0.6 is 15.9 Å². The van der Waals surface area contributed by atoms with Crippen LogP contribution in [0.4, 0.5) is 0 Å². The molecule has 0 bridgehead atoms. The molecule has 1 aliphatic carbocycles. The van der Waals surface area contributed by atoms with E-state index in [2.05, 4.69) is 45.1 Å². The van der Waals surface area contributed by atoms with Crippen molar-refractivity contribution < 1.29 is 4.79 Å². The van der Waals surface area contributed by atoms with Crippen LogP contribution in [0.2, 0.25) is 0 Å². The summed E-state index contributed by atoms with van der Waals surface area (Å²) in [5.41, 5.74) is 2.74. The molecule has 0 N–H and O–H groups in total. The van der Waals surface area contributed by atoms with E-state index in [1.54, 1.807) is 0 Å². The molecule has 0 aromatic heterocycles. The normalized spacial score (nSPS) is 23.4. The van der Waals surface area contributed by atoms with E-state index in [1.165, 1.54) is 17.5 Å². The number of piperidine rings is 1. The molecule has 1 saturated heterocycles. The molecule has 1 aromatic carbocycles. The van der Waals surface area contributed by atoms with Gasteiger partial charge in [0.15, 0.2) is 0 Å². The molecule has 2 nitrogen and oxygen atoms in total. The Bertz CT molecular complexity index is 449. The zero-order chi connectivity index (χ0) is 13.2. The molecular formula is C16H20BrNO. The van der Waals surface area contributed by atoms with Gasteiger partial charge in [0.05, 0.1) is 0 Å². The molecule has 1 aromatic rings. The third-order valence-corrected chi connectivity index (χ3v) is 5.24. The Labute approximate surface area is 123 Å². The van der Waals surface area contributed by atoms with Crippen LogP contribution in [0.3, 0.4) is 0 Å². The first-order valence-electron chi connectivity index (χ1n) is 7.23. The summed E-state index contributed by atoms with van der Waals surface area (Å²) < 4.78 is 0. The van der Waals surface area contributed by atoms with Crippen molar-refractivity contribution in [3.05, 3.63) is 35.4 Å². The molecule has 0 saturated carbocycles. The van der Waals surface area contributed by atoms with Crippen LogP contribution in [0.1, 0.15) is 30.4 Å². The van der Waals surface area contributed by atoms with Gasteiger partial charge in [0.2, 0.25) is 5.91 Å². The molecule has 3 heteroatoms. The SMILES string of the molecule is O=C(C1Cc2ccccc2C1)N1CCCCC1CBr. The number of rotatable bonds is 2. The molecule has 0 radical (unpaired) electrons. The van der Waals surface area contributed by atoms with E-state index in [1.807, 2.05) is 0 Å². The fourth-order valence-corrected chi connectivity index (χ4v) is 4.09. The number of hydrogen-bond donors (Lipinski definition) is 0. The molecule has 2 aliphatic rings. The summed E-state index contributed by atoms with van der Waals surface area (Å²) in [5.74, 6) is 0.553. The number of halogens is 1. The van der Waals surface area contributed by atoms with E-state index in [0.29, 0.717) is 11.9 Å². The number of hydrogen-bond acceptors (Lipinski definition) is 1. The first-order chi connectivity index (χ1) is 9.29. The Morgan fingerprint density at radius 3 is 2.53 bits per heavy atom. The number of fused-ring (bicyclic) bond motifs is 1. The van der Waals surface area contributed by atoms with Crippen LogP contribution in [0, 0.1) is 5.92 Å². The summed E-state index contributed by atoms with van der Waals surface area (Å²) in [6, 6.07) is 8.90. The van der Waals surface area contributed by atoms with E-state index in [4.69, 9.17) is 0 Å². The molecular weight excluding hydrogens is 302 g/mol. The number of likely N-dealkylation sites (tertiary alicyclic amines) is 1. The van der Waals surface area contributed by atoms with Crippen LogP contribution in [0.15, 0.2) is 24.3 Å². The molecule has 1 atom stereocenters.